The number of allylic oxidation sites excluding steroid dienone is 3. The van der Waals surface area contributed by atoms with Gasteiger partial charge < -0.3 is 5.11 Å². The second-order valence-electron chi connectivity index (χ2n) is 6.37. The average molecular weight is 305 g/mol. The molecule has 0 fully saturated rings. The molecule has 1 N–H and O–H groups in total. The quantitative estimate of drug-likeness (QED) is 0.912. The Labute approximate surface area is 138 Å². The van der Waals surface area contributed by atoms with Crippen LogP contribution in [0, 0.1) is 25.7 Å². The van der Waals surface area contributed by atoms with Gasteiger partial charge >= 0.3 is 0 Å². The van der Waals surface area contributed by atoms with Crippen LogP contribution >= 0.6 is 0 Å². The minimum atomic E-state index is -0.505. The molecule has 0 radical (unpaired) electrons. The highest BCUT2D eigenvalue weighted by atomic mass is 16.3. The molecule has 118 valence electrons. The van der Waals surface area contributed by atoms with Crippen molar-refractivity contribution in [3.8, 4) is 0 Å². The molecule has 1 aromatic carbocycles. The monoisotopic (exact) mass is 305 g/mol. The third-order valence-electron chi connectivity index (χ3n) is 4.67. The predicted octanol–water partition coefficient (Wildman–Crippen LogP) is 4.33. The van der Waals surface area contributed by atoms with E-state index in [2.05, 4.69) is 55.3 Å². The molecule has 0 saturated heterocycles. The first-order chi connectivity index (χ1) is 11.1. The van der Waals surface area contributed by atoms with Gasteiger partial charge in [-0.25, -0.2) is 0 Å². The first-order valence-electron chi connectivity index (χ1n) is 8.14. The summed E-state index contributed by atoms with van der Waals surface area (Å²) in [6, 6.07) is 10.4. The number of aliphatic hydroxyl groups excluding tert-OH is 1. The van der Waals surface area contributed by atoms with Crippen LogP contribution in [0.3, 0.4) is 0 Å². The molecule has 2 heteroatoms. The lowest BCUT2D eigenvalue weighted by molar-refractivity contribution is 0.109. The lowest BCUT2D eigenvalue weighted by Gasteiger charge is -2.29. The zero-order valence-electron chi connectivity index (χ0n) is 13.7. The van der Waals surface area contributed by atoms with Crippen molar-refractivity contribution in [2.75, 3.05) is 0 Å². The fourth-order valence-electron chi connectivity index (χ4n) is 3.27. The normalized spacial score (nSPS) is 21.3. The molecule has 0 saturated carbocycles. The summed E-state index contributed by atoms with van der Waals surface area (Å²) in [6.07, 6.45) is 12.4. The van der Waals surface area contributed by atoms with Crippen LogP contribution in [0.25, 0.3) is 0 Å². The number of aryl methyl sites for hydroxylation is 2. The van der Waals surface area contributed by atoms with Crippen molar-refractivity contribution in [1.82, 2.24) is 4.98 Å². The average Bonchev–Trinajstić information content (AvgIpc) is 2.59. The fourth-order valence-corrected chi connectivity index (χ4v) is 3.27. The van der Waals surface area contributed by atoms with Crippen LogP contribution in [-0.2, 0) is 6.42 Å². The number of benzene rings is 1. The summed E-state index contributed by atoms with van der Waals surface area (Å²) in [4.78, 5) is 4.04. The van der Waals surface area contributed by atoms with Gasteiger partial charge in [0, 0.05) is 18.3 Å². The molecule has 1 aliphatic rings. The molecular weight excluding hydrogens is 282 g/mol. The van der Waals surface area contributed by atoms with Crippen LogP contribution < -0.4 is 0 Å². The summed E-state index contributed by atoms with van der Waals surface area (Å²) < 4.78 is 0. The van der Waals surface area contributed by atoms with Crippen molar-refractivity contribution >= 4 is 0 Å². The standard InChI is InChI=1S/C21H23NO/c1-15-7-8-16(2)19(13-15)14-18-5-3-4-6-20(18)21(23)17-9-11-22-12-10-17/h3-13,18,20-21,23H,14H2,1-2H3. The van der Waals surface area contributed by atoms with Gasteiger partial charge in [-0.05, 0) is 55.0 Å². The number of hydrogen-bond acceptors (Lipinski definition) is 2. The SMILES string of the molecule is Cc1ccc(C)c(CC2C=CC=CC2C(O)c2ccncc2)c1. The number of aliphatic hydroxyl groups is 1. The van der Waals surface area contributed by atoms with Gasteiger partial charge in [-0.2, -0.15) is 0 Å². The summed E-state index contributed by atoms with van der Waals surface area (Å²) >= 11 is 0. The van der Waals surface area contributed by atoms with E-state index in [4.69, 9.17) is 0 Å². The zero-order valence-corrected chi connectivity index (χ0v) is 13.7. The van der Waals surface area contributed by atoms with Crippen LogP contribution in [0.2, 0.25) is 0 Å². The maximum Gasteiger partial charge on any atom is 0.0859 e. The zero-order chi connectivity index (χ0) is 16.2. The van der Waals surface area contributed by atoms with Gasteiger partial charge in [-0.1, -0.05) is 48.1 Å². The number of rotatable bonds is 4. The van der Waals surface area contributed by atoms with Crippen molar-refractivity contribution in [2.45, 2.75) is 26.4 Å². The third kappa shape index (κ3) is 3.59. The molecule has 23 heavy (non-hydrogen) atoms. The van der Waals surface area contributed by atoms with Crippen LogP contribution in [0.1, 0.15) is 28.4 Å². The number of nitrogens with zero attached hydrogens (tertiary/aromatic N) is 1. The summed E-state index contributed by atoms with van der Waals surface area (Å²) in [5.41, 5.74) is 4.89. The Bertz CT molecular complexity index is 718. The first-order valence-corrected chi connectivity index (χ1v) is 8.14. The van der Waals surface area contributed by atoms with Crippen molar-refractivity contribution in [2.24, 2.45) is 11.8 Å². The third-order valence-corrected chi connectivity index (χ3v) is 4.67. The fraction of sp³-hybridized carbons (Fsp3) is 0.286. The Morgan fingerprint density at radius 2 is 1.78 bits per heavy atom. The van der Waals surface area contributed by atoms with Gasteiger partial charge in [0.25, 0.3) is 0 Å². The highest BCUT2D eigenvalue weighted by Crippen LogP contribution is 2.34. The second-order valence-corrected chi connectivity index (χ2v) is 6.37. The molecule has 2 aromatic rings. The minimum absolute atomic E-state index is 0.0855. The van der Waals surface area contributed by atoms with Gasteiger partial charge in [-0.3, -0.25) is 4.98 Å². The van der Waals surface area contributed by atoms with Gasteiger partial charge in [0.2, 0.25) is 0 Å². The highest BCUT2D eigenvalue weighted by molar-refractivity contribution is 5.32. The first kappa shape index (κ1) is 15.7. The molecule has 3 rings (SSSR count). The van der Waals surface area contributed by atoms with E-state index in [1.54, 1.807) is 12.4 Å². The number of hydrogen-bond donors (Lipinski definition) is 1. The van der Waals surface area contributed by atoms with Gasteiger partial charge in [0.15, 0.2) is 0 Å². The second kappa shape index (κ2) is 6.93. The van der Waals surface area contributed by atoms with E-state index in [1.807, 2.05) is 18.2 Å². The minimum Gasteiger partial charge on any atom is -0.388 e. The molecule has 0 bridgehead atoms. The molecule has 1 heterocycles. The lowest BCUT2D eigenvalue weighted by Crippen LogP contribution is -2.22. The van der Waals surface area contributed by atoms with Crippen molar-refractivity contribution in [1.29, 1.82) is 0 Å². The summed E-state index contributed by atoms with van der Waals surface area (Å²) in [5.74, 6) is 0.381. The highest BCUT2D eigenvalue weighted by Gasteiger charge is 2.27. The van der Waals surface area contributed by atoms with Crippen LogP contribution in [0.4, 0.5) is 0 Å². The van der Waals surface area contributed by atoms with E-state index in [9.17, 15) is 5.11 Å². The summed E-state index contributed by atoms with van der Waals surface area (Å²) in [7, 11) is 0. The van der Waals surface area contributed by atoms with E-state index < -0.39 is 6.10 Å². The van der Waals surface area contributed by atoms with Gasteiger partial charge in [-0.15, -0.1) is 0 Å². The maximum atomic E-state index is 10.8. The van der Waals surface area contributed by atoms with Gasteiger partial charge in [0.05, 0.1) is 6.10 Å². The molecule has 1 aromatic heterocycles. The lowest BCUT2D eigenvalue weighted by atomic mass is 9.78. The molecule has 2 nitrogen and oxygen atoms in total. The van der Waals surface area contributed by atoms with E-state index in [0.29, 0.717) is 5.92 Å². The smallest absolute Gasteiger partial charge is 0.0859 e. The summed E-state index contributed by atoms with van der Waals surface area (Å²) in [6.45, 7) is 4.29. The van der Waals surface area contributed by atoms with Crippen molar-refractivity contribution in [3.05, 3.63) is 89.3 Å². The Hall–Kier alpha value is -2.19. The Kier molecular flexibility index (Phi) is 4.73. The van der Waals surface area contributed by atoms with E-state index in [0.717, 1.165) is 12.0 Å². The van der Waals surface area contributed by atoms with E-state index in [-0.39, 0.29) is 5.92 Å². The maximum absolute atomic E-state index is 10.8. The van der Waals surface area contributed by atoms with Crippen LogP contribution in [0.15, 0.2) is 67.0 Å². The van der Waals surface area contributed by atoms with E-state index in [1.165, 1.54) is 16.7 Å². The van der Waals surface area contributed by atoms with Crippen LogP contribution in [-0.4, -0.2) is 10.1 Å². The number of aromatic nitrogens is 1. The molecule has 0 amide bonds. The van der Waals surface area contributed by atoms with Crippen molar-refractivity contribution < 1.29 is 5.11 Å². The molecule has 3 atom stereocenters. The Morgan fingerprint density at radius 3 is 2.57 bits per heavy atom. The van der Waals surface area contributed by atoms with Crippen molar-refractivity contribution in [3.63, 3.8) is 0 Å². The molecule has 3 unspecified atom stereocenters. The Balaban J connectivity index is 1.84. The topological polar surface area (TPSA) is 33.1 Å². The van der Waals surface area contributed by atoms with Gasteiger partial charge in [0.1, 0.15) is 0 Å². The molecular formula is C21H23NO. The largest absolute Gasteiger partial charge is 0.388 e. The number of pyridine rings is 1. The molecule has 1 aliphatic carbocycles. The molecule has 0 aliphatic heterocycles. The van der Waals surface area contributed by atoms with E-state index >= 15 is 0 Å². The predicted molar refractivity (Wildman–Crippen MR) is 94.1 cm³/mol. The Morgan fingerprint density at radius 1 is 1.04 bits per heavy atom. The van der Waals surface area contributed by atoms with Crippen LogP contribution in [0.5, 0.6) is 0 Å². The molecule has 0 spiro atoms. The summed E-state index contributed by atoms with van der Waals surface area (Å²) in [5, 5.41) is 10.8.